The number of carbonyl (C=O) groups is 1. The van der Waals surface area contributed by atoms with Crippen LogP contribution in [0, 0.1) is 0 Å². The van der Waals surface area contributed by atoms with Crippen molar-refractivity contribution in [3.63, 3.8) is 0 Å². The SMILES string of the molecule is CCCCCCCCCCCC(N)C(=O)c1csnn1. The molecule has 0 amide bonds. The summed E-state index contributed by atoms with van der Waals surface area (Å²) in [6.07, 6.45) is 12.3. The molecule has 1 atom stereocenters. The summed E-state index contributed by atoms with van der Waals surface area (Å²) in [6, 6.07) is -0.413. The third-order valence-corrected chi connectivity index (χ3v) is 4.07. The maximum absolute atomic E-state index is 11.9. The normalized spacial score (nSPS) is 12.5. The van der Waals surface area contributed by atoms with Gasteiger partial charge in [0, 0.05) is 5.38 Å². The first-order valence-corrected chi connectivity index (χ1v) is 8.66. The number of nitrogens with two attached hydrogens (primary N) is 1. The number of unbranched alkanes of at least 4 members (excludes halogenated alkanes) is 8. The van der Waals surface area contributed by atoms with Crippen molar-refractivity contribution in [1.82, 2.24) is 9.59 Å². The monoisotopic (exact) mass is 297 g/mol. The van der Waals surface area contributed by atoms with Crippen molar-refractivity contribution >= 4 is 17.3 Å². The van der Waals surface area contributed by atoms with E-state index in [0.29, 0.717) is 5.69 Å². The van der Waals surface area contributed by atoms with E-state index in [1.54, 1.807) is 5.38 Å². The first-order valence-electron chi connectivity index (χ1n) is 7.82. The maximum atomic E-state index is 11.9. The van der Waals surface area contributed by atoms with E-state index in [9.17, 15) is 4.79 Å². The van der Waals surface area contributed by atoms with Gasteiger partial charge in [-0.25, -0.2) is 0 Å². The van der Waals surface area contributed by atoms with Crippen LogP contribution in [0.4, 0.5) is 0 Å². The molecule has 0 aliphatic carbocycles. The van der Waals surface area contributed by atoms with Gasteiger partial charge in [-0.2, -0.15) is 0 Å². The fourth-order valence-electron chi connectivity index (χ4n) is 2.27. The molecule has 4 nitrogen and oxygen atoms in total. The second-order valence-corrected chi connectivity index (χ2v) is 5.99. The van der Waals surface area contributed by atoms with Crippen LogP contribution < -0.4 is 5.73 Å². The molecule has 0 bridgehead atoms. The van der Waals surface area contributed by atoms with Gasteiger partial charge in [-0.3, -0.25) is 4.79 Å². The number of rotatable bonds is 12. The Morgan fingerprint density at radius 2 is 1.75 bits per heavy atom. The lowest BCUT2D eigenvalue weighted by molar-refractivity contribution is 0.0951. The summed E-state index contributed by atoms with van der Waals surface area (Å²) < 4.78 is 3.69. The largest absolute Gasteiger partial charge is 0.321 e. The van der Waals surface area contributed by atoms with Gasteiger partial charge in [0.05, 0.1) is 6.04 Å². The molecular weight excluding hydrogens is 270 g/mol. The van der Waals surface area contributed by atoms with Crippen molar-refractivity contribution in [2.75, 3.05) is 0 Å². The van der Waals surface area contributed by atoms with Crippen molar-refractivity contribution in [2.45, 2.75) is 77.2 Å². The Hall–Kier alpha value is -0.810. The van der Waals surface area contributed by atoms with Gasteiger partial charge in [0.25, 0.3) is 0 Å². The molecule has 1 rings (SSSR count). The van der Waals surface area contributed by atoms with E-state index in [2.05, 4.69) is 16.5 Å². The van der Waals surface area contributed by atoms with Crippen LogP contribution in [0.15, 0.2) is 5.38 Å². The Bertz CT molecular complexity index is 354. The number of aromatic nitrogens is 2. The predicted molar refractivity (Wildman–Crippen MR) is 84.1 cm³/mol. The van der Waals surface area contributed by atoms with Gasteiger partial charge in [0.2, 0.25) is 5.78 Å². The highest BCUT2D eigenvalue weighted by Crippen LogP contribution is 2.12. The zero-order chi connectivity index (χ0) is 14.6. The van der Waals surface area contributed by atoms with Crippen LogP contribution in [0.5, 0.6) is 0 Å². The molecule has 1 aromatic rings. The Labute approximate surface area is 126 Å². The molecule has 0 saturated heterocycles. The molecule has 1 unspecified atom stereocenters. The van der Waals surface area contributed by atoms with Crippen LogP contribution in [-0.2, 0) is 0 Å². The molecule has 0 aliphatic heterocycles. The van der Waals surface area contributed by atoms with Crippen LogP contribution in [0.3, 0.4) is 0 Å². The zero-order valence-electron chi connectivity index (χ0n) is 12.5. The first kappa shape index (κ1) is 17.2. The zero-order valence-corrected chi connectivity index (χ0v) is 13.3. The third kappa shape index (κ3) is 7.10. The highest BCUT2D eigenvalue weighted by Gasteiger charge is 2.17. The van der Waals surface area contributed by atoms with Crippen LogP contribution in [0.25, 0.3) is 0 Å². The van der Waals surface area contributed by atoms with Gasteiger partial charge in [-0.05, 0) is 18.0 Å². The minimum atomic E-state index is -0.413. The minimum Gasteiger partial charge on any atom is -0.321 e. The van der Waals surface area contributed by atoms with Crippen molar-refractivity contribution in [3.05, 3.63) is 11.1 Å². The van der Waals surface area contributed by atoms with Gasteiger partial charge >= 0.3 is 0 Å². The number of nitrogens with zero attached hydrogens (tertiary/aromatic N) is 2. The first-order chi connectivity index (χ1) is 9.75. The van der Waals surface area contributed by atoms with E-state index in [0.717, 1.165) is 12.8 Å². The molecule has 1 heterocycles. The highest BCUT2D eigenvalue weighted by molar-refractivity contribution is 7.03. The topological polar surface area (TPSA) is 68.9 Å². The molecule has 0 aliphatic rings. The molecule has 5 heteroatoms. The smallest absolute Gasteiger partial charge is 0.200 e. The summed E-state index contributed by atoms with van der Waals surface area (Å²) in [5.74, 6) is -0.0710. The molecule has 0 saturated carbocycles. The molecule has 1 aromatic heterocycles. The van der Waals surface area contributed by atoms with E-state index < -0.39 is 6.04 Å². The number of ketones is 1. The highest BCUT2D eigenvalue weighted by atomic mass is 32.1. The summed E-state index contributed by atoms with van der Waals surface area (Å²) in [7, 11) is 0. The van der Waals surface area contributed by atoms with E-state index >= 15 is 0 Å². The molecule has 0 fully saturated rings. The van der Waals surface area contributed by atoms with E-state index in [-0.39, 0.29) is 5.78 Å². The van der Waals surface area contributed by atoms with Gasteiger partial charge in [0.15, 0.2) is 0 Å². The number of carbonyl (C=O) groups excluding carboxylic acids is 1. The molecular formula is C15H27N3OS. The van der Waals surface area contributed by atoms with E-state index in [1.165, 1.54) is 62.9 Å². The molecule has 20 heavy (non-hydrogen) atoms. The lowest BCUT2D eigenvalue weighted by Crippen LogP contribution is -2.30. The van der Waals surface area contributed by atoms with Crippen molar-refractivity contribution < 1.29 is 4.79 Å². The summed E-state index contributed by atoms with van der Waals surface area (Å²) in [6.45, 7) is 2.24. The Kier molecular flexibility index (Phi) is 9.41. The molecule has 2 N–H and O–H groups in total. The van der Waals surface area contributed by atoms with Crippen molar-refractivity contribution in [2.24, 2.45) is 5.73 Å². The summed E-state index contributed by atoms with van der Waals surface area (Å²) >= 11 is 1.19. The summed E-state index contributed by atoms with van der Waals surface area (Å²) in [5.41, 5.74) is 6.31. The molecule has 0 spiro atoms. The Balaban J connectivity index is 1.97. The van der Waals surface area contributed by atoms with Crippen molar-refractivity contribution in [1.29, 1.82) is 0 Å². The van der Waals surface area contributed by atoms with Gasteiger partial charge in [-0.15, -0.1) is 5.10 Å². The lowest BCUT2D eigenvalue weighted by Gasteiger charge is -2.08. The van der Waals surface area contributed by atoms with Crippen LogP contribution >= 0.6 is 11.5 Å². The third-order valence-electron chi connectivity index (χ3n) is 3.57. The minimum absolute atomic E-state index is 0.0710. The predicted octanol–water partition coefficient (Wildman–Crippen LogP) is 3.97. The van der Waals surface area contributed by atoms with Crippen LogP contribution in [-0.4, -0.2) is 21.4 Å². The molecule has 0 aromatic carbocycles. The standard InChI is InChI=1S/C15H27N3OS/c1-2-3-4-5-6-7-8-9-10-11-13(16)15(19)14-12-20-18-17-14/h12-13H,2-11,16H2,1H3. The fourth-order valence-corrected chi connectivity index (χ4v) is 2.71. The van der Waals surface area contributed by atoms with Crippen LogP contribution in [0.2, 0.25) is 0 Å². The second-order valence-electron chi connectivity index (χ2n) is 5.38. The summed E-state index contributed by atoms with van der Waals surface area (Å²) in [5, 5.41) is 5.43. The lowest BCUT2D eigenvalue weighted by atomic mass is 10.0. The Morgan fingerprint density at radius 1 is 1.15 bits per heavy atom. The number of Topliss-reactive ketones (excluding diaryl/α,β-unsaturated/α-hetero) is 1. The fraction of sp³-hybridized carbons (Fsp3) is 0.800. The quantitative estimate of drug-likeness (QED) is 0.468. The average Bonchev–Trinajstić information content (AvgIpc) is 2.98. The Morgan fingerprint density at radius 3 is 2.30 bits per heavy atom. The van der Waals surface area contributed by atoms with Gasteiger partial charge < -0.3 is 5.73 Å². The number of hydrogen-bond acceptors (Lipinski definition) is 5. The molecule has 0 radical (unpaired) electrons. The number of hydrogen-bond donors (Lipinski definition) is 1. The van der Waals surface area contributed by atoms with Crippen molar-refractivity contribution in [3.8, 4) is 0 Å². The second kappa shape index (κ2) is 10.9. The van der Waals surface area contributed by atoms with Crippen LogP contribution in [0.1, 0.15) is 81.6 Å². The summed E-state index contributed by atoms with van der Waals surface area (Å²) in [4.78, 5) is 11.9. The van der Waals surface area contributed by atoms with E-state index in [4.69, 9.17) is 5.73 Å². The maximum Gasteiger partial charge on any atom is 0.200 e. The van der Waals surface area contributed by atoms with Gasteiger partial charge in [-0.1, -0.05) is 69.2 Å². The van der Waals surface area contributed by atoms with Gasteiger partial charge in [0.1, 0.15) is 5.69 Å². The molecule has 114 valence electrons. The average molecular weight is 297 g/mol. The van der Waals surface area contributed by atoms with E-state index in [1.807, 2.05) is 0 Å².